The summed E-state index contributed by atoms with van der Waals surface area (Å²) in [5.41, 5.74) is 4.34. The molecule has 4 aromatic rings. The second-order valence-electron chi connectivity index (χ2n) is 7.82. The number of carbonyl (C=O) groups excluding carboxylic acids is 2. The fraction of sp³-hybridized carbons (Fsp3) is 0.185. The Labute approximate surface area is 187 Å². The van der Waals surface area contributed by atoms with E-state index in [4.69, 9.17) is 0 Å². The number of amides is 2. The van der Waals surface area contributed by atoms with Gasteiger partial charge in [0.05, 0.1) is 6.42 Å². The molecule has 3 N–H and O–H groups in total. The molecule has 2 amide bonds. The second kappa shape index (κ2) is 10.4. The SMILES string of the molecule is O=C(CCNC(=O)Cc1ccccc1)NCC(c1ccccc1)c1c[nH]c2ccccc12. The zero-order valence-electron chi connectivity index (χ0n) is 17.9. The average Bonchev–Trinajstić information content (AvgIpc) is 3.25. The zero-order valence-corrected chi connectivity index (χ0v) is 17.9. The molecule has 1 heterocycles. The highest BCUT2D eigenvalue weighted by molar-refractivity contribution is 5.84. The fourth-order valence-electron chi connectivity index (χ4n) is 3.94. The number of rotatable bonds is 9. The van der Waals surface area contributed by atoms with Gasteiger partial charge in [-0.15, -0.1) is 0 Å². The molecule has 0 aliphatic rings. The molecule has 1 unspecified atom stereocenters. The number of benzene rings is 3. The molecule has 0 aliphatic carbocycles. The third kappa shape index (κ3) is 5.43. The van der Waals surface area contributed by atoms with Gasteiger partial charge in [-0.1, -0.05) is 78.9 Å². The topological polar surface area (TPSA) is 74.0 Å². The first-order valence-electron chi connectivity index (χ1n) is 10.9. The van der Waals surface area contributed by atoms with Crippen LogP contribution in [0.4, 0.5) is 0 Å². The molecule has 1 aromatic heterocycles. The zero-order chi connectivity index (χ0) is 22.2. The number of carbonyl (C=O) groups is 2. The standard InChI is InChI=1S/C27H27N3O2/c31-26(15-16-28-27(32)17-20-9-3-1-4-10-20)30-18-23(21-11-5-2-6-12-21)24-19-29-25-14-8-7-13-22(24)25/h1-14,19,23,29H,15-18H2,(H,28,32)(H,30,31). The summed E-state index contributed by atoms with van der Waals surface area (Å²) in [6, 6.07) is 28.0. The number of hydrogen-bond acceptors (Lipinski definition) is 2. The van der Waals surface area contributed by atoms with Crippen molar-refractivity contribution in [1.82, 2.24) is 15.6 Å². The molecule has 162 valence electrons. The lowest BCUT2D eigenvalue weighted by Gasteiger charge is -2.18. The van der Waals surface area contributed by atoms with Gasteiger partial charge in [0.1, 0.15) is 0 Å². The highest BCUT2D eigenvalue weighted by atomic mass is 16.2. The molecular weight excluding hydrogens is 398 g/mol. The van der Waals surface area contributed by atoms with E-state index in [0.717, 1.165) is 27.6 Å². The monoisotopic (exact) mass is 425 g/mol. The van der Waals surface area contributed by atoms with E-state index in [2.05, 4.69) is 39.9 Å². The van der Waals surface area contributed by atoms with E-state index in [1.54, 1.807) is 0 Å². The minimum absolute atomic E-state index is 0.0315. The van der Waals surface area contributed by atoms with Gasteiger partial charge in [-0.3, -0.25) is 9.59 Å². The van der Waals surface area contributed by atoms with Gasteiger partial charge in [0.2, 0.25) is 11.8 Å². The number of para-hydroxylation sites is 1. The Kier molecular flexibility index (Phi) is 6.98. The van der Waals surface area contributed by atoms with Crippen LogP contribution in [0.1, 0.15) is 29.0 Å². The highest BCUT2D eigenvalue weighted by Gasteiger charge is 2.19. The summed E-state index contributed by atoms with van der Waals surface area (Å²) in [5.74, 6) is -0.125. The molecule has 4 rings (SSSR count). The summed E-state index contributed by atoms with van der Waals surface area (Å²) < 4.78 is 0. The number of hydrogen-bond donors (Lipinski definition) is 3. The van der Waals surface area contributed by atoms with Crippen molar-refractivity contribution < 1.29 is 9.59 Å². The molecule has 0 saturated carbocycles. The molecule has 0 fully saturated rings. The number of aromatic nitrogens is 1. The van der Waals surface area contributed by atoms with Crippen LogP contribution in [-0.2, 0) is 16.0 Å². The van der Waals surface area contributed by atoms with Crippen molar-refractivity contribution in [3.8, 4) is 0 Å². The predicted octanol–water partition coefficient (Wildman–Crippen LogP) is 4.17. The molecule has 5 heteroatoms. The van der Waals surface area contributed by atoms with Crippen molar-refractivity contribution in [3.63, 3.8) is 0 Å². The van der Waals surface area contributed by atoms with Crippen LogP contribution >= 0.6 is 0 Å². The van der Waals surface area contributed by atoms with Crippen LogP contribution in [0.2, 0.25) is 0 Å². The molecule has 5 nitrogen and oxygen atoms in total. The van der Waals surface area contributed by atoms with E-state index >= 15 is 0 Å². The third-order valence-electron chi connectivity index (χ3n) is 5.58. The van der Waals surface area contributed by atoms with Crippen LogP contribution in [0.15, 0.2) is 91.1 Å². The van der Waals surface area contributed by atoms with E-state index in [0.29, 0.717) is 19.5 Å². The molecule has 3 aromatic carbocycles. The maximum atomic E-state index is 12.5. The Morgan fingerprint density at radius 3 is 2.25 bits per heavy atom. The number of nitrogens with one attached hydrogen (secondary N) is 3. The van der Waals surface area contributed by atoms with Gasteiger partial charge in [0.15, 0.2) is 0 Å². The average molecular weight is 426 g/mol. The van der Waals surface area contributed by atoms with Crippen LogP contribution in [-0.4, -0.2) is 29.9 Å². The van der Waals surface area contributed by atoms with Gasteiger partial charge in [-0.2, -0.15) is 0 Å². The molecule has 1 atom stereocenters. The Morgan fingerprint density at radius 1 is 0.781 bits per heavy atom. The van der Waals surface area contributed by atoms with Gasteiger partial charge in [0.25, 0.3) is 0 Å². The van der Waals surface area contributed by atoms with Crippen molar-refractivity contribution in [2.45, 2.75) is 18.8 Å². The van der Waals surface area contributed by atoms with Gasteiger partial charge >= 0.3 is 0 Å². The predicted molar refractivity (Wildman–Crippen MR) is 127 cm³/mol. The third-order valence-corrected chi connectivity index (χ3v) is 5.58. The molecule has 32 heavy (non-hydrogen) atoms. The molecule has 0 saturated heterocycles. The fourth-order valence-corrected chi connectivity index (χ4v) is 3.94. The minimum Gasteiger partial charge on any atom is -0.361 e. The van der Waals surface area contributed by atoms with E-state index in [1.165, 1.54) is 0 Å². The molecule has 0 bridgehead atoms. The summed E-state index contributed by atoms with van der Waals surface area (Å²) in [4.78, 5) is 27.9. The smallest absolute Gasteiger partial charge is 0.224 e. The Balaban J connectivity index is 1.34. The van der Waals surface area contributed by atoms with Gasteiger partial charge in [-0.25, -0.2) is 0 Å². The summed E-state index contributed by atoms with van der Waals surface area (Å²) in [5, 5.41) is 7.04. The first kappa shape index (κ1) is 21.4. The quantitative estimate of drug-likeness (QED) is 0.377. The van der Waals surface area contributed by atoms with E-state index in [-0.39, 0.29) is 24.2 Å². The minimum atomic E-state index is -0.0787. The highest BCUT2D eigenvalue weighted by Crippen LogP contribution is 2.30. The summed E-state index contributed by atoms with van der Waals surface area (Å²) >= 11 is 0. The summed E-state index contributed by atoms with van der Waals surface area (Å²) in [6.45, 7) is 0.809. The van der Waals surface area contributed by atoms with Crippen LogP contribution in [0.5, 0.6) is 0 Å². The Hall–Kier alpha value is -3.86. The normalized spacial score (nSPS) is 11.8. The van der Waals surface area contributed by atoms with Gasteiger partial charge in [-0.05, 0) is 22.8 Å². The first-order valence-corrected chi connectivity index (χ1v) is 10.9. The van der Waals surface area contributed by atoms with E-state index in [1.807, 2.05) is 66.9 Å². The van der Waals surface area contributed by atoms with Crippen LogP contribution in [0.25, 0.3) is 10.9 Å². The summed E-state index contributed by atoms with van der Waals surface area (Å²) in [7, 11) is 0. The lowest BCUT2D eigenvalue weighted by Crippen LogP contribution is -2.33. The van der Waals surface area contributed by atoms with Crippen molar-refractivity contribution in [2.75, 3.05) is 13.1 Å². The summed E-state index contributed by atoms with van der Waals surface area (Å²) in [6.07, 6.45) is 2.59. The lowest BCUT2D eigenvalue weighted by atomic mass is 9.91. The number of H-pyrrole nitrogens is 1. The maximum absolute atomic E-state index is 12.5. The molecule has 0 spiro atoms. The van der Waals surface area contributed by atoms with Crippen molar-refractivity contribution >= 4 is 22.7 Å². The first-order chi connectivity index (χ1) is 15.7. The van der Waals surface area contributed by atoms with Crippen molar-refractivity contribution in [2.24, 2.45) is 0 Å². The second-order valence-corrected chi connectivity index (χ2v) is 7.82. The number of fused-ring (bicyclic) bond motifs is 1. The van der Waals surface area contributed by atoms with E-state index < -0.39 is 0 Å². The van der Waals surface area contributed by atoms with Gasteiger partial charge in [0, 0.05) is 42.5 Å². The number of aromatic amines is 1. The Bertz CT molecular complexity index is 1170. The Morgan fingerprint density at radius 2 is 1.47 bits per heavy atom. The maximum Gasteiger partial charge on any atom is 0.224 e. The van der Waals surface area contributed by atoms with Crippen molar-refractivity contribution in [3.05, 3.63) is 108 Å². The largest absolute Gasteiger partial charge is 0.361 e. The van der Waals surface area contributed by atoms with Crippen LogP contribution in [0, 0.1) is 0 Å². The molecule has 0 aliphatic heterocycles. The van der Waals surface area contributed by atoms with Crippen molar-refractivity contribution in [1.29, 1.82) is 0 Å². The molecular formula is C27H27N3O2. The van der Waals surface area contributed by atoms with Crippen LogP contribution < -0.4 is 10.6 Å². The lowest BCUT2D eigenvalue weighted by molar-refractivity contribution is -0.122. The van der Waals surface area contributed by atoms with Gasteiger partial charge < -0.3 is 15.6 Å². The van der Waals surface area contributed by atoms with E-state index in [9.17, 15) is 9.59 Å². The molecule has 0 radical (unpaired) electrons. The van der Waals surface area contributed by atoms with Crippen LogP contribution in [0.3, 0.4) is 0 Å².